The summed E-state index contributed by atoms with van der Waals surface area (Å²) in [6.07, 6.45) is 0. The molecule has 0 bridgehead atoms. The first-order valence-corrected chi connectivity index (χ1v) is 9.28. The lowest BCUT2D eigenvalue weighted by atomic mass is 10.2. The molecule has 29 heavy (non-hydrogen) atoms. The lowest BCUT2D eigenvalue weighted by Crippen LogP contribution is -2.49. The van der Waals surface area contributed by atoms with Gasteiger partial charge in [-0.3, -0.25) is 9.69 Å². The van der Waals surface area contributed by atoms with Gasteiger partial charge in [0, 0.05) is 43.3 Å². The summed E-state index contributed by atoms with van der Waals surface area (Å²) in [5.41, 5.74) is 0.234. The van der Waals surface area contributed by atoms with Crippen LogP contribution in [0, 0.1) is 17.5 Å². The van der Waals surface area contributed by atoms with Gasteiger partial charge in [0.15, 0.2) is 18.2 Å². The maximum Gasteiger partial charge on any atom is 0.338 e. The number of piperazine rings is 1. The molecule has 1 saturated heterocycles. The second-order valence-electron chi connectivity index (χ2n) is 6.56. The first kappa shape index (κ1) is 21.1. The van der Waals surface area contributed by atoms with E-state index < -0.39 is 30.1 Å². The fourth-order valence-electron chi connectivity index (χ4n) is 2.99. The van der Waals surface area contributed by atoms with E-state index in [0.717, 1.165) is 18.2 Å². The van der Waals surface area contributed by atoms with Gasteiger partial charge < -0.3 is 9.64 Å². The average Bonchev–Trinajstić information content (AvgIpc) is 2.71. The summed E-state index contributed by atoms with van der Waals surface area (Å²) in [5, 5.41) is 0.354. The van der Waals surface area contributed by atoms with Crippen molar-refractivity contribution in [1.82, 2.24) is 9.80 Å². The minimum Gasteiger partial charge on any atom is -0.452 e. The summed E-state index contributed by atoms with van der Waals surface area (Å²) in [6, 6.07) is 7.13. The van der Waals surface area contributed by atoms with Gasteiger partial charge in [-0.1, -0.05) is 17.7 Å². The highest BCUT2D eigenvalue weighted by Gasteiger charge is 2.23. The maximum atomic E-state index is 13.9. The van der Waals surface area contributed by atoms with Crippen LogP contribution >= 0.6 is 11.6 Å². The van der Waals surface area contributed by atoms with Gasteiger partial charge in [-0.15, -0.1) is 0 Å². The Morgan fingerprint density at radius 2 is 1.69 bits per heavy atom. The number of carbonyl (C=O) groups excluding carboxylic acids is 2. The number of nitrogens with zero attached hydrogens (tertiary/aromatic N) is 2. The Morgan fingerprint density at radius 3 is 2.34 bits per heavy atom. The van der Waals surface area contributed by atoms with E-state index in [2.05, 4.69) is 0 Å². The van der Waals surface area contributed by atoms with Crippen LogP contribution < -0.4 is 0 Å². The van der Waals surface area contributed by atoms with E-state index in [1.165, 1.54) is 11.0 Å². The number of hydrogen-bond donors (Lipinski definition) is 0. The van der Waals surface area contributed by atoms with E-state index >= 15 is 0 Å². The van der Waals surface area contributed by atoms with Gasteiger partial charge in [-0.2, -0.15) is 0 Å². The molecule has 154 valence electrons. The van der Waals surface area contributed by atoms with E-state index in [0.29, 0.717) is 43.3 Å². The molecule has 1 aliphatic heterocycles. The van der Waals surface area contributed by atoms with Gasteiger partial charge in [0.1, 0.15) is 5.82 Å². The van der Waals surface area contributed by atoms with Crippen LogP contribution in [0.15, 0.2) is 36.4 Å². The molecule has 5 nitrogen and oxygen atoms in total. The van der Waals surface area contributed by atoms with Crippen LogP contribution in [0.4, 0.5) is 13.2 Å². The molecule has 2 aromatic carbocycles. The van der Waals surface area contributed by atoms with Crippen molar-refractivity contribution in [1.29, 1.82) is 0 Å². The van der Waals surface area contributed by atoms with E-state index in [4.69, 9.17) is 16.3 Å². The van der Waals surface area contributed by atoms with Crippen LogP contribution in [0.1, 0.15) is 15.9 Å². The quantitative estimate of drug-likeness (QED) is 0.689. The summed E-state index contributed by atoms with van der Waals surface area (Å²) in [4.78, 5) is 27.6. The number of ether oxygens (including phenoxy) is 1. The van der Waals surface area contributed by atoms with Gasteiger partial charge in [0.2, 0.25) is 0 Å². The van der Waals surface area contributed by atoms with Crippen molar-refractivity contribution in [3.8, 4) is 0 Å². The summed E-state index contributed by atoms with van der Waals surface area (Å²) >= 11 is 6.04. The average molecular weight is 427 g/mol. The van der Waals surface area contributed by atoms with Gasteiger partial charge in [-0.25, -0.2) is 18.0 Å². The molecule has 1 fully saturated rings. The first-order chi connectivity index (χ1) is 13.8. The topological polar surface area (TPSA) is 49.9 Å². The lowest BCUT2D eigenvalue weighted by Gasteiger charge is -2.34. The van der Waals surface area contributed by atoms with Gasteiger partial charge >= 0.3 is 5.97 Å². The number of esters is 1. The molecule has 1 amide bonds. The van der Waals surface area contributed by atoms with Crippen molar-refractivity contribution in [2.45, 2.75) is 6.54 Å². The number of rotatable bonds is 5. The van der Waals surface area contributed by atoms with Crippen LogP contribution in [-0.4, -0.2) is 54.5 Å². The Kier molecular flexibility index (Phi) is 6.76. The van der Waals surface area contributed by atoms with Gasteiger partial charge in [0.05, 0.1) is 5.56 Å². The highest BCUT2D eigenvalue weighted by atomic mass is 35.5. The molecule has 0 aliphatic carbocycles. The molecule has 2 aromatic rings. The standard InChI is InChI=1S/C20H18ClF3N2O3/c21-15-2-1-3-16(22)14(15)11-25-6-8-26(9-7-25)19(27)12-29-20(28)13-4-5-17(23)18(24)10-13/h1-5,10H,6-9,11-12H2. The van der Waals surface area contributed by atoms with Gasteiger partial charge in [0.25, 0.3) is 5.91 Å². The maximum absolute atomic E-state index is 13.9. The molecule has 0 unspecified atom stereocenters. The number of amides is 1. The minimum absolute atomic E-state index is 0.178. The molecular formula is C20H18ClF3N2O3. The zero-order valence-electron chi connectivity index (χ0n) is 15.3. The Balaban J connectivity index is 1.47. The zero-order valence-corrected chi connectivity index (χ0v) is 16.1. The fourth-order valence-corrected chi connectivity index (χ4v) is 3.21. The molecule has 0 radical (unpaired) electrons. The van der Waals surface area contributed by atoms with E-state index in [-0.39, 0.29) is 11.4 Å². The lowest BCUT2D eigenvalue weighted by molar-refractivity contribution is -0.136. The number of halogens is 4. The van der Waals surface area contributed by atoms with Crippen LogP contribution in [-0.2, 0) is 16.1 Å². The summed E-state index contributed by atoms with van der Waals surface area (Å²) < 4.78 is 44.9. The van der Waals surface area contributed by atoms with Crippen molar-refractivity contribution in [2.75, 3.05) is 32.8 Å². The van der Waals surface area contributed by atoms with Crippen LogP contribution in [0.5, 0.6) is 0 Å². The molecule has 0 aromatic heterocycles. The largest absolute Gasteiger partial charge is 0.452 e. The minimum atomic E-state index is -1.17. The SMILES string of the molecule is O=C(OCC(=O)N1CCN(Cc2c(F)cccc2Cl)CC1)c1ccc(F)c(F)c1. The van der Waals surface area contributed by atoms with Crippen LogP contribution in [0.25, 0.3) is 0 Å². The Morgan fingerprint density at radius 1 is 0.966 bits per heavy atom. The van der Waals surface area contributed by atoms with Crippen molar-refractivity contribution < 1.29 is 27.5 Å². The van der Waals surface area contributed by atoms with Crippen molar-refractivity contribution in [2.24, 2.45) is 0 Å². The molecule has 0 N–H and O–H groups in total. The molecular weight excluding hydrogens is 409 g/mol. The van der Waals surface area contributed by atoms with Crippen LogP contribution in [0.2, 0.25) is 5.02 Å². The fraction of sp³-hybridized carbons (Fsp3) is 0.300. The monoisotopic (exact) mass is 426 g/mol. The second kappa shape index (κ2) is 9.28. The van der Waals surface area contributed by atoms with E-state index in [1.807, 2.05) is 4.90 Å². The second-order valence-corrected chi connectivity index (χ2v) is 6.97. The van der Waals surface area contributed by atoms with Crippen molar-refractivity contribution in [3.05, 3.63) is 70.0 Å². The summed E-state index contributed by atoms with van der Waals surface area (Å²) in [5.74, 6) is -3.93. The molecule has 9 heteroatoms. The van der Waals surface area contributed by atoms with Crippen molar-refractivity contribution in [3.63, 3.8) is 0 Å². The highest BCUT2D eigenvalue weighted by molar-refractivity contribution is 6.31. The highest BCUT2D eigenvalue weighted by Crippen LogP contribution is 2.21. The normalized spacial score (nSPS) is 14.7. The van der Waals surface area contributed by atoms with E-state index in [1.54, 1.807) is 12.1 Å². The molecule has 1 heterocycles. The zero-order chi connectivity index (χ0) is 21.0. The third kappa shape index (κ3) is 5.27. The number of carbonyl (C=O) groups is 2. The number of hydrogen-bond acceptors (Lipinski definition) is 4. The molecule has 0 saturated carbocycles. The van der Waals surface area contributed by atoms with Gasteiger partial charge in [-0.05, 0) is 30.3 Å². The van der Waals surface area contributed by atoms with E-state index in [9.17, 15) is 22.8 Å². The Bertz CT molecular complexity index is 898. The Hall–Kier alpha value is -2.58. The molecule has 3 rings (SSSR count). The Labute approximate surface area is 170 Å². The van der Waals surface area contributed by atoms with Crippen LogP contribution in [0.3, 0.4) is 0 Å². The smallest absolute Gasteiger partial charge is 0.338 e. The predicted molar refractivity (Wildman–Crippen MR) is 99.9 cm³/mol. The predicted octanol–water partition coefficient (Wildman–Crippen LogP) is 3.26. The first-order valence-electron chi connectivity index (χ1n) is 8.90. The third-order valence-electron chi connectivity index (χ3n) is 4.65. The number of benzene rings is 2. The summed E-state index contributed by atoms with van der Waals surface area (Å²) in [7, 11) is 0. The molecule has 1 aliphatic rings. The third-order valence-corrected chi connectivity index (χ3v) is 5.00. The summed E-state index contributed by atoms with van der Waals surface area (Å²) in [6.45, 7) is 1.61. The molecule has 0 spiro atoms. The molecule has 0 atom stereocenters. The van der Waals surface area contributed by atoms with Crippen molar-refractivity contribution >= 4 is 23.5 Å².